The average Bonchev–Trinajstić information content (AvgIpc) is 2.80. The fourth-order valence-electron chi connectivity index (χ4n) is 2.72. The molecule has 1 fully saturated rings. The van der Waals surface area contributed by atoms with Gasteiger partial charge in [0.2, 0.25) is 10.0 Å². The van der Waals surface area contributed by atoms with Gasteiger partial charge >= 0.3 is 0 Å². The third-order valence-corrected chi connectivity index (χ3v) is 7.35. The van der Waals surface area contributed by atoms with Crippen LogP contribution in [0.25, 0.3) is 0 Å². The number of halogens is 2. The van der Waals surface area contributed by atoms with E-state index >= 15 is 0 Å². The van der Waals surface area contributed by atoms with Gasteiger partial charge in [-0.25, -0.2) is 13.1 Å². The molecule has 1 aliphatic rings. The van der Waals surface area contributed by atoms with E-state index in [2.05, 4.69) is 35.4 Å². The summed E-state index contributed by atoms with van der Waals surface area (Å²) in [5, 5.41) is 0. The minimum atomic E-state index is -3.64. The molecule has 1 N–H and O–H groups in total. The van der Waals surface area contributed by atoms with E-state index < -0.39 is 10.0 Å². The van der Waals surface area contributed by atoms with Crippen molar-refractivity contribution >= 4 is 44.6 Å². The minimum absolute atomic E-state index is 0.0649. The van der Waals surface area contributed by atoms with Crippen molar-refractivity contribution in [3.8, 4) is 0 Å². The Balaban J connectivity index is 2.05. The number of rotatable bonds is 6. The molecule has 0 amide bonds. The molecule has 0 aromatic carbocycles. The van der Waals surface area contributed by atoms with Crippen LogP contribution in [0.5, 0.6) is 0 Å². The predicted molar refractivity (Wildman–Crippen MR) is 97.2 cm³/mol. The van der Waals surface area contributed by atoms with E-state index in [9.17, 15) is 8.42 Å². The molecule has 1 aromatic rings. The molecule has 0 spiro atoms. The molecule has 0 aliphatic carbocycles. The number of thiophene rings is 1. The highest BCUT2D eigenvalue weighted by atomic mass is 35.5. The van der Waals surface area contributed by atoms with Gasteiger partial charge in [0, 0.05) is 38.8 Å². The van der Waals surface area contributed by atoms with E-state index in [4.69, 9.17) is 23.2 Å². The number of nitrogens with one attached hydrogen (secondary N) is 1. The van der Waals surface area contributed by atoms with Crippen molar-refractivity contribution in [2.45, 2.75) is 24.8 Å². The molecule has 5 nitrogen and oxygen atoms in total. The van der Waals surface area contributed by atoms with Crippen molar-refractivity contribution in [3.05, 3.63) is 14.7 Å². The van der Waals surface area contributed by atoms with E-state index in [1.807, 2.05) is 0 Å². The summed E-state index contributed by atoms with van der Waals surface area (Å²) in [6, 6.07) is 1.56. The number of likely N-dealkylation sites (N-methyl/N-ethyl adjacent to an activating group) is 1. The highest BCUT2D eigenvalue weighted by Gasteiger charge is 2.28. The summed E-state index contributed by atoms with van der Waals surface area (Å²) in [7, 11) is -1.54. The lowest BCUT2D eigenvalue weighted by atomic mass is 10.0. The van der Waals surface area contributed by atoms with Crippen LogP contribution in [-0.4, -0.2) is 64.0 Å². The number of hydrogen-bond donors (Lipinski definition) is 1. The summed E-state index contributed by atoms with van der Waals surface area (Å²) in [5.41, 5.74) is 0. The predicted octanol–water partition coefficient (Wildman–Crippen LogP) is 2.61. The van der Waals surface area contributed by atoms with Gasteiger partial charge in [-0.05, 0) is 19.0 Å². The maximum Gasteiger partial charge on any atom is 0.243 e. The molecule has 1 unspecified atom stereocenters. The van der Waals surface area contributed by atoms with Crippen LogP contribution in [-0.2, 0) is 10.0 Å². The molecular formula is C14H23Cl2N3O2S2. The molecule has 1 atom stereocenters. The molecule has 2 rings (SSSR count). The van der Waals surface area contributed by atoms with Gasteiger partial charge in [-0.2, -0.15) is 0 Å². The maximum atomic E-state index is 12.5. The fourth-order valence-corrected chi connectivity index (χ4v) is 5.92. The third kappa shape index (κ3) is 5.04. The lowest BCUT2D eigenvalue weighted by Gasteiger charge is -2.39. The first-order chi connectivity index (χ1) is 10.7. The lowest BCUT2D eigenvalue weighted by Crippen LogP contribution is -2.54. The smallest absolute Gasteiger partial charge is 0.243 e. The summed E-state index contributed by atoms with van der Waals surface area (Å²) >= 11 is 12.9. The van der Waals surface area contributed by atoms with Gasteiger partial charge in [0.25, 0.3) is 0 Å². The van der Waals surface area contributed by atoms with Crippen molar-refractivity contribution in [2.75, 3.05) is 39.8 Å². The van der Waals surface area contributed by atoms with Crippen LogP contribution in [0.3, 0.4) is 0 Å². The van der Waals surface area contributed by atoms with Crippen molar-refractivity contribution in [3.63, 3.8) is 0 Å². The summed E-state index contributed by atoms with van der Waals surface area (Å²) in [4.78, 5) is 4.70. The van der Waals surface area contributed by atoms with Gasteiger partial charge in [0.1, 0.15) is 9.23 Å². The van der Waals surface area contributed by atoms with Crippen molar-refractivity contribution in [2.24, 2.45) is 5.92 Å². The van der Waals surface area contributed by atoms with Crippen LogP contribution < -0.4 is 4.72 Å². The molecule has 23 heavy (non-hydrogen) atoms. The van der Waals surface area contributed by atoms with Crippen molar-refractivity contribution in [1.82, 2.24) is 14.5 Å². The number of piperazine rings is 1. The Bertz CT molecular complexity index is 626. The van der Waals surface area contributed by atoms with Crippen LogP contribution >= 0.6 is 34.5 Å². The highest BCUT2D eigenvalue weighted by molar-refractivity contribution is 7.89. The SMILES string of the molecule is CC(C)C(CNS(=O)(=O)c1cc(Cl)sc1Cl)N1CCN(C)CC1. The van der Waals surface area contributed by atoms with E-state index in [1.165, 1.54) is 6.07 Å². The molecule has 1 aliphatic heterocycles. The van der Waals surface area contributed by atoms with Crippen LogP contribution in [0, 0.1) is 5.92 Å². The molecule has 1 aromatic heterocycles. The Morgan fingerprint density at radius 2 is 1.87 bits per heavy atom. The molecule has 132 valence electrons. The first-order valence-electron chi connectivity index (χ1n) is 7.58. The van der Waals surface area contributed by atoms with Crippen LogP contribution in [0.2, 0.25) is 8.67 Å². The summed E-state index contributed by atoms with van der Waals surface area (Å²) in [5.74, 6) is 0.350. The Morgan fingerprint density at radius 3 is 2.35 bits per heavy atom. The van der Waals surface area contributed by atoms with Crippen LogP contribution in [0.1, 0.15) is 13.8 Å². The van der Waals surface area contributed by atoms with E-state index in [1.54, 1.807) is 0 Å². The van der Waals surface area contributed by atoms with Gasteiger partial charge in [0.05, 0.1) is 4.34 Å². The van der Waals surface area contributed by atoms with Crippen molar-refractivity contribution < 1.29 is 8.42 Å². The monoisotopic (exact) mass is 399 g/mol. The van der Waals surface area contributed by atoms with Gasteiger partial charge < -0.3 is 4.90 Å². The Morgan fingerprint density at radius 1 is 1.26 bits per heavy atom. The molecule has 0 bridgehead atoms. The number of nitrogens with zero attached hydrogens (tertiary/aromatic N) is 2. The van der Waals surface area contributed by atoms with Gasteiger partial charge in [-0.15, -0.1) is 11.3 Å². The second-order valence-electron chi connectivity index (χ2n) is 6.19. The Labute approximate surface area is 152 Å². The number of hydrogen-bond acceptors (Lipinski definition) is 5. The largest absolute Gasteiger partial charge is 0.304 e. The Hall–Kier alpha value is 0.110. The van der Waals surface area contributed by atoms with E-state index in [0.29, 0.717) is 16.8 Å². The summed E-state index contributed by atoms with van der Waals surface area (Å²) < 4.78 is 28.2. The van der Waals surface area contributed by atoms with Crippen LogP contribution in [0.15, 0.2) is 11.0 Å². The molecule has 0 radical (unpaired) electrons. The first kappa shape index (κ1) is 19.4. The zero-order chi connectivity index (χ0) is 17.2. The van der Waals surface area contributed by atoms with E-state index in [-0.39, 0.29) is 15.3 Å². The van der Waals surface area contributed by atoms with Gasteiger partial charge in [-0.1, -0.05) is 37.0 Å². The molecule has 2 heterocycles. The lowest BCUT2D eigenvalue weighted by molar-refractivity contribution is 0.0905. The van der Waals surface area contributed by atoms with E-state index in [0.717, 1.165) is 37.5 Å². The number of sulfonamides is 1. The van der Waals surface area contributed by atoms with Gasteiger partial charge in [-0.3, -0.25) is 4.90 Å². The maximum absolute atomic E-state index is 12.5. The quantitative estimate of drug-likeness (QED) is 0.798. The zero-order valence-corrected chi connectivity index (χ0v) is 16.7. The fraction of sp³-hybridized carbons (Fsp3) is 0.714. The molecule has 9 heteroatoms. The van der Waals surface area contributed by atoms with Crippen LogP contribution in [0.4, 0.5) is 0 Å². The third-order valence-electron chi connectivity index (χ3n) is 4.17. The molecule has 0 saturated carbocycles. The second kappa shape index (κ2) is 7.99. The summed E-state index contributed by atoms with van der Waals surface area (Å²) in [6.07, 6.45) is 0. The summed E-state index contributed by atoms with van der Waals surface area (Å²) in [6.45, 7) is 8.51. The average molecular weight is 400 g/mol. The highest BCUT2D eigenvalue weighted by Crippen LogP contribution is 2.34. The normalized spacial score (nSPS) is 19.4. The second-order valence-corrected chi connectivity index (χ2v) is 10.2. The molecule has 1 saturated heterocycles. The van der Waals surface area contributed by atoms with Gasteiger partial charge in [0.15, 0.2) is 0 Å². The topological polar surface area (TPSA) is 52.7 Å². The standard InChI is InChI=1S/C14H23Cl2N3O2S2/c1-10(2)11(19-6-4-18(3)5-7-19)9-17-23(20,21)12-8-13(15)22-14(12)16/h8,10-11,17H,4-7,9H2,1-3H3. The Kier molecular flexibility index (Phi) is 6.75. The first-order valence-corrected chi connectivity index (χ1v) is 10.6. The van der Waals surface area contributed by atoms with Crippen molar-refractivity contribution in [1.29, 1.82) is 0 Å². The molecular weight excluding hydrogens is 377 g/mol. The zero-order valence-electron chi connectivity index (χ0n) is 13.6. The minimum Gasteiger partial charge on any atom is -0.304 e.